The minimum absolute atomic E-state index is 0.182. The van der Waals surface area contributed by atoms with E-state index >= 15 is 4.39 Å². The lowest BCUT2D eigenvalue weighted by Crippen LogP contribution is -2.44. The number of likely N-dealkylation sites (N-methyl/N-ethyl adjacent to an activating group) is 1. The SMILES string of the molecule is CCn1cc2[nH]c(=O)c(-c3nc4c(F)cc(N5CCN(C)CC5)cc4[nH]3)c(NC(C)c3ncccn3)c2n1. The van der Waals surface area contributed by atoms with E-state index in [1.165, 1.54) is 6.07 Å². The highest BCUT2D eigenvalue weighted by Crippen LogP contribution is 2.33. The molecule has 0 bridgehead atoms. The van der Waals surface area contributed by atoms with E-state index in [2.05, 4.69) is 52.2 Å². The number of nitrogens with one attached hydrogen (secondary N) is 3. The second kappa shape index (κ2) is 9.53. The van der Waals surface area contributed by atoms with Gasteiger partial charge in [0.2, 0.25) is 0 Å². The van der Waals surface area contributed by atoms with E-state index in [9.17, 15) is 4.79 Å². The predicted octanol–water partition coefficient (Wildman–Crippen LogP) is 3.14. The first-order chi connectivity index (χ1) is 18.4. The Morgan fingerprint density at radius 2 is 1.84 bits per heavy atom. The second-order valence-corrected chi connectivity index (χ2v) is 9.62. The summed E-state index contributed by atoms with van der Waals surface area (Å²) in [6, 6.07) is 4.82. The van der Waals surface area contributed by atoms with Gasteiger partial charge in [-0.2, -0.15) is 5.10 Å². The van der Waals surface area contributed by atoms with Gasteiger partial charge in [-0.1, -0.05) is 0 Å². The van der Waals surface area contributed by atoms with Gasteiger partial charge in [0.05, 0.1) is 22.8 Å². The smallest absolute Gasteiger partial charge is 0.261 e. The molecule has 5 aromatic rings. The van der Waals surface area contributed by atoms with E-state index in [0.717, 1.165) is 31.9 Å². The van der Waals surface area contributed by atoms with Crippen molar-refractivity contribution < 1.29 is 4.39 Å². The van der Waals surface area contributed by atoms with Gasteiger partial charge in [0.15, 0.2) is 5.82 Å². The van der Waals surface area contributed by atoms with Gasteiger partial charge < -0.3 is 25.1 Å². The predicted molar refractivity (Wildman–Crippen MR) is 145 cm³/mol. The molecule has 0 amide bonds. The number of aromatic nitrogens is 7. The molecule has 12 heteroatoms. The molecule has 1 unspecified atom stereocenters. The number of hydrogen-bond donors (Lipinski definition) is 3. The van der Waals surface area contributed by atoms with Gasteiger partial charge in [0.25, 0.3) is 5.56 Å². The van der Waals surface area contributed by atoms with Crippen LogP contribution in [0.25, 0.3) is 33.5 Å². The molecule has 3 N–H and O–H groups in total. The van der Waals surface area contributed by atoms with Gasteiger partial charge in [0.1, 0.15) is 28.2 Å². The van der Waals surface area contributed by atoms with Crippen molar-refractivity contribution in [2.24, 2.45) is 0 Å². The molecule has 0 aliphatic carbocycles. The molecular weight excluding hydrogens is 487 g/mol. The average Bonchev–Trinajstić information content (AvgIpc) is 3.54. The number of fused-ring (bicyclic) bond motifs is 2. The van der Waals surface area contributed by atoms with Crippen LogP contribution in [0.4, 0.5) is 15.8 Å². The maximum atomic E-state index is 15.3. The van der Waals surface area contributed by atoms with Crippen molar-refractivity contribution in [3.63, 3.8) is 0 Å². The van der Waals surface area contributed by atoms with Crippen LogP contribution in [0.5, 0.6) is 0 Å². The Hall–Kier alpha value is -4.32. The van der Waals surface area contributed by atoms with Crippen LogP contribution in [0.1, 0.15) is 25.7 Å². The van der Waals surface area contributed by atoms with Gasteiger partial charge in [0, 0.05) is 57.0 Å². The van der Waals surface area contributed by atoms with E-state index < -0.39 is 5.82 Å². The van der Waals surface area contributed by atoms with Crippen LogP contribution in [0, 0.1) is 5.82 Å². The molecule has 196 valence electrons. The zero-order valence-electron chi connectivity index (χ0n) is 21.5. The quantitative estimate of drug-likeness (QED) is 0.315. The van der Waals surface area contributed by atoms with E-state index in [1.807, 2.05) is 19.9 Å². The first-order valence-electron chi connectivity index (χ1n) is 12.7. The normalized spacial score (nSPS) is 15.4. The molecule has 0 saturated carbocycles. The van der Waals surface area contributed by atoms with Gasteiger partial charge >= 0.3 is 0 Å². The van der Waals surface area contributed by atoms with Crippen molar-refractivity contribution in [1.29, 1.82) is 0 Å². The summed E-state index contributed by atoms with van der Waals surface area (Å²) in [6.07, 6.45) is 5.12. The fourth-order valence-electron chi connectivity index (χ4n) is 4.88. The van der Waals surface area contributed by atoms with Crippen molar-refractivity contribution in [3.05, 3.63) is 58.8 Å². The Morgan fingerprint density at radius 3 is 2.58 bits per heavy atom. The first kappa shape index (κ1) is 24.0. The van der Waals surface area contributed by atoms with Crippen LogP contribution in [-0.2, 0) is 6.54 Å². The van der Waals surface area contributed by atoms with Gasteiger partial charge in [-0.05, 0) is 39.1 Å². The van der Waals surface area contributed by atoms with Crippen LogP contribution < -0.4 is 15.8 Å². The lowest BCUT2D eigenvalue weighted by Gasteiger charge is -2.34. The number of benzene rings is 1. The van der Waals surface area contributed by atoms with E-state index in [-0.39, 0.29) is 28.5 Å². The summed E-state index contributed by atoms with van der Waals surface area (Å²) in [4.78, 5) is 37.2. The maximum Gasteiger partial charge on any atom is 0.261 e. The molecule has 11 nitrogen and oxygen atoms in total. The van der Waals surface area contributed by atoms with Crippen LogP contribution in [0.3, 0.4) is 0 Å². The highest BCUT2D eigenvalue weighted by atomic mass is 19.1. The highest BCUT2D eigenvalue weighted by molar-refractivity contribution is 5.97. The number of nitrogens with zero attached hydrogens (tertiary/aromatic N) is 7. The summed E-state index contributed by atoms with van der Waals surface area (Å²) in [5, 5.41) is 8.06. The highest BCUT2D eigenvalue weighted by Gasteiger charge is 2.24. The topological polar surface area (TPSA) is 124 Å². The molecule has 1 aromatic carbocycles. The molecule has 1 atom stereocenters. The van der Waals surface area contributed by atoms with Crippen molar-refractivity contribution in [3.8, 4) is 11.4 Å². The minimum Gasteiger partial charge on any atom is -0.373 e. The molecule has 38 heavy (non-hydrogen) atoms. The molecular formula is C26H29FN10O. The number of H-pyrrole nitrogens is 2. The van der Waals surface area contributed by atoms with Crippen LogP contribution in [0.15, 0.2) is 41.6 Å². The summed E-state index contributed by atoms with van der Waals surface area (Å²) in [5.74, 6) is 0.383. The van der Waals surface area contributed by atoms with Gasteiger partial charge in [-0.3, -0.25) is 9.48 Å². The number of pyridine rings is 1. The van der Waals surface area contributed by atoms with E-state index in [0.29, 0.717) is 34.6 Å². The molecule has 1 saturated heterocycles. The lowest BCUT2D eigenvalue weighted by atomic mass is 10.1. The van der Waals surface area contributed by atoms with Crippen LogP contribution >= 0.6 is 0 Å². The molecule has 6 rings (SSSR count). The molecule has 1 aliphatic rings. The molecule has 1 aliphatic heterocycles. The Balaban J connectivity index is 1.48. The summed E-state index contributed by atoms with van der Waals surface area (Å²) in [6.45, 7) is 7.95. The fraction of sp³-hybridized carbons (Fsp3) is 0.346. The van der Waals surface area contributed by atoms with Crippen molar-refractivity contribution in [2.45, 2.75) is 26.4 Å². The summed E-state index contributed by atoms with van der Waals surface area (Å²) in [7, 11) is 2.08. The number of anilines is 2. The number of aryl methyl sites for hydroxylation is 1. The molecule has 5 heterocycles. The van der Waals surface area contributed by atoms with E-state index in [4.69, 9.17) is 0 Å². The Kier molecular flexibility index (Phi) is 6.03. The number of aromatic amines is 2. The number of piperazine rings is 1. The Morgan fingerprint density at radius 1 is 1.08 bits per heavy atom. The Labute approximate surface area is 217 Å². The zero-order valence-corrected chi connectivity index (χ0v) is 21.5. The fourth-order valence-corrected chi connectivity index (χ4v) is 4.88. The number of halogens is 1. The summed E-state index contributed by atoms with van der Waals surface area (Å²) < 4.78 is 17.0. The molecule has 4 aromatic heterocycles. The Bertz CT molecular complexity index is 1670. The zero-order chi connectivity index (χ0) is 26.4. The maximum absolute atomic E-state index is 15.3. The van der Waals surface area contributed by atoms with Gasteiger partial charge in [-0.25, -0.2) is 19.3 Å². The minimum atomic E-state index is -0.438. The van der Waals surface area contributed by atoms with Crippen molar-refractivity contribution in [1.82, 2.24) is 39.6 Å². The second-order valence-electron chi connectivity index (χ2n) is 9.62. The van der Waals surface area contributed by atoms with Gasteiger partial charge in [-0.15, -0.1) is 0 Å². The molecule has 0 radical (unpaired) electrons. The third kappa shape index (κ3) is 4.26. The summed E-state index contributed by atoms with van der Waals surface area (Å²) >= 11 is 0. The van der Waals surface area contributed by atoms with Crippen molar-refractivity contribution in [2.75, 3.05) is 43.4 Å². The van der Waals surface area contributed by atoms with Crippen LogP contribution in [0.2, 0.25) is 0 Å². The number of rotatable bonds is 6. The van der Waals surface area contributed by atoms with E-state index in [1.54, 1.807) is 29.3 Å². The third-order valence-electron chi connectivity index (χ3n) is 7.01. The average molecular weight is 517 g/mol. The molecule has 1 fully saturated rings. The van der Waals surface area contributed by atoms with Crippen molar-refractivity contribution >= 4 is 33.4 Å². The third-order valence-corrected chi connectivity index (χ3v) is 7.01. The molecule has 0 spiro atoms. The number of imidazole rings is 1. The van der Waals surface area contributed by atoms with Crippen LogP contribution in [-0.4, -0.2) is 72.8 Å². The standard InChI is InChI=1S/C26H29FN10O/c1-4-37-14-19-22(34-37)23(30-15(2)24-28-6-5-7-29-24)20(26(38)32-19)25-31-18-13-16(12-17(27)21(18)33-25)36-10-8-35(3)9-11-36/h5-7,12-15,30H,4,8-11H2,1-3H3,(H,31,33)(H,32,38). The lowest BCUT2D eigenvalue weighted by molar-refractivity contribution is 0.313. The first-order valence-corrected chi connectivity index (χ1v) is 12.7. The summed E-state index contributed by atoms with van der Waals surface area (Å²) in [5.41, 5.74) is 3.02. The monoisotopic (exact) mass is 516 g/mol. The number of hydrogen-bond acceptors (Lipinski definition) is 8. The largest absolute Gasteiger partial charge is 0.373 e.